The van der Waals surface area contributed by atoms with E-state index >= 15 is 0 Å². The minimum atomic E-state index is -0.149. The maximum absolute atomic E-state index is 5.78. The van der Waals surface area contributed by atoms with Gasteiger partial charge in [0.25, 0.3) is 0 Å². The predicted octanol–water partition coefficient (Wildman–Crippen LogP) is 1.53. The Labute approximate surface area is 150 Å². The lowest BCUT2D eigenvalue weighted by atomic mass is 9.94. The fourth-order valence-corrected chi connectivity index (χ4v) is 2.91. The molecule has 0 aliphatic carbocycles. The van der Waals surface area contributed by atoms with Gasteiger partial charge in [-0.15, -0.1) is 24.0 Å². The van der Waals surface area contributed by atoms with Crippen LogP contribution in [0.5, 0.6) is 0 Å². The van der Waals surface area contributed by atoms with Gasteiger partial charge in [-0.3, -0.25) is 4.99 Å². The van der Waals surface area contributed by atoms with Crippen molar-refractivity contribution in [2.45, 2.75) is 43.8 Å². The zero-order valence-corrected chi connectivity index (χ0v) is 16.3. The Balaban J connectivity index is 0.00000242. The van der Waals surface area contributed by atoms with Gasteiger partial charge in [-0.05, 0) is 19.8 Å². The van der Waals surface area contributed by atoms with E-state index in [0.29, 0.717) is 0 Å². The Hall–Kier alpha value is -0.120. The van der Waals surface area contributed by atoms with Crippen LogP contribution in [0.25, 0.3) is 0 Å². The smallest absolute Gasteiger partial charge is 0.191 e. The molecule has 0 amide bonds. The van der Waals surface area contributed by atoms with Crippen molar-refractivity contribution in [1.29, 1.82) is 0 Å². The number of hydrogen-bond donors (Lipinski definition) is 2. The molecular weight excluding hydrogens is 397 g/mol. The van der Waals surface area contributed by atoms with E-state index < -0.39 is 0 Å². The molecule has 7 heteroatoms. The lowest BCUT2D eigenvalue weighted by molar-refractivity contribution is -0.0855. The highest BCUT2D eigenvalue weighted by Gasteiger charge is 2.33. The lowest BCUT2D eigenvalue weighted by Crippen LogP contribution is -2.52. The van der Waals surface area contributed by atoms with Gasteiger partial charge < -0.3 is 24.8 Å². The molecule has 6 nitrogen and oxygen atoms in total. The minimum Gasteiger partial charge on any atom is -0.381 e. The summed E-state index contributed by atoms with van der Waals surface area (Å²) >= 11 is 0. The summed E-state index contributed by atoms with van der Waals surface area (Å²) in [5.41, 5.74) is -0.223. The first-order chi connectivity index (χ1) is 10.1. The number of rotatable bonds is 5. The second-order valence-corrected chi connectivity index (χ2v) is 6.18. The Kier molecular flexibility index (Phi) is 8.37. The number of halogens is 1. The average Bonchev–Trinajstić information content (AvgIpc) is 2.95. The Morgan fingerprint density at radius 3 is 2.36 bits per heavy atom. The molecule has 2 saturated heterocycles. The first-order valence-electron chi connectivity index (χ1n) is 7.83. The molecule has 130 valence electrons. The Morgan fingerprint density at radius 1 is 1.14 bits per heavy atom. The summed E-state index contributed by atoms with van der Waals surface area (Å²) in [6, 6.07) is 0. The summed E-state index contributed by atoms with van der Waals surface area (Å²) in [5.74, 6) is 0.801. The molecule has 0 aromatic heterocycles. The molecule has 0 aromatic carbocycles. The third-order valence-electron chi connectivity index (χ3n) is 4.57. The van der Waals surface area contributed by atoms with E-state index in [-0.39, 0.29) is 35.2 Å². The molecular formula is C15H30IN3O3. The molecule has 2 aliphatic heterocycles. The number of hydrogen-bond acceptors (Lipinski definition) is 4. The van der Waals surface area contributed by atoms with Crippen LogP contribution < -0.4 is 10.6 Å². The molecule has 0 radical (unpaired) electrons. The third-order valence-corrected chi connectivity index (χ3v) is 4.57. The zero-order chi connectivity index (χ0) is 15.2. The summed E-state index contributed by atoms with van der Waals surface area (Å²) in [7, 11) is 3.56. The maximum atomic E-state index is 5.78. The molecule has 2 heterocycles. The largest absolute Gasteiger partial charge is 0.381 e. The summed E-state index contributed by atoms with van der Waals surface area (Å²) in [4.78, 5) is 4.28. The number of methoxy groups -OCH3 is 1. The van der Waals surface area contributed by atoms with Crippen LogP contribution in [0.15, 0.2) is 4.99 Å². The average molecular weight is 427 g/mol. The molecule has 1 atom stereocenters. The second-order valence-electron chi connectivity index (χ2n) is 6.18. The summed E-state index contributed by atoms with van der Waals surface area (Å²) < 4.78 is 16.9. The number of nitrogens with zero attached hydrogens (tertiary/aromatic N) is 1. The van der Waals surface area contributed by atoms with Crippen LogP contribution >= 0.6 is 24.0 Å². The highest BCUT2D eigenvalue weighted by molar-refractivity contribution is 14.0. The molecule has 2 fully saturated rings. The van der Waals surface area contributed by atoms with E-state index in [4.69, 9.17) is 14.2 Å². The van der Waals surface area contributed by atoms with E-state index in [9.17, 15) is 0 Å². The van der Waals surface area contributed by atoms with Gasteiger partial charge in [-0.2, -0.15) is 0 Å². The standard InChI is InChI=1S/C15H29N3O3.HI/c1-14(5-4-8-21-14)11-17-13(16-2)18-12-15(19-3)6-9-20-10-7-15;/h4-12H2,1-3H3,(H2,16,17,18);1H. The van der Waals surface area contributed by atoms with Crippen LogP contribution in [-0.4, -0.2) is 64.2 Å². The van der Waals surface area contributed by atoms with Crippen molar-refractivity contribution in [3.8, 4) is 0 Å². The van der Waals surface area contributed by atoms with Crippen molar-refractivity contribution in [2.75, 3.05) is 47.1 Å². The van der Waals surface area contributed by atoms with E-state index in [1.54, 1.807) is 14.2 Å². The van der Waals surface area contributed by atoms with Crippen molar-refractivity contribution >= 4 is 29.9 Å². The van der Waals surface area contributed by atoms with Crippen LogP contribution in [0.3, 0.4) is 0 Å². The van der Waals surface area contributed by atoms with Crippen molar-refractivity contribution in [1.82, 2.24) is 10.6 Å². The first-order valence-corrected chi connectivity index (χ1v) is 7.83. The van der Waals surface area contributed by atoms with Crippen LogP contribution in [0.4, 0.5) is 0 Å². The molecule has 0 aromatic rings. The molecule has 2 rings (SSSR count). The van der Waals surface area contributed by atoms with Gasteiger partial charge >= 0.3 is 0 Å². The number of ether oxygens (including phenoxy) is 3. The van der Waals surface area contributed by atoms with Crippen LogP contribution in [0.2, 0.25) is 0 Å². The van der Waals surface area contributed by atoms with E-state index in [2.05, 4.69) is 22.5 Å². The van der Waals surface area contributed by atoms with Gasteiger partial charge in [0, 0.05) is 59.9 Å². The van der Waals surface area contributed by atoms with Crippen LogP contribution in [0, 0.1) is 0 Å². The maximum Gasteiger partial charge on any atom is 0.191 e. The van der Waals surface area contributed by atoms with Gasteiger partial charge in [-0.25, -0.2) is 0 Å². The molecule has 0 bridgehead atoms. The van der Waals surface area contributed by atoms with E-state index in [0.717, 1.165) is 64.6 Å². The summed E-state index contributed by atoms with van der Waals surface area (Å²) in [6.45, 7) is 6.03. The second kappa shape index (κ2) is 9.24. The molecule has 0 saturated carbocycles. The third kappa shape index (κ3) is 5.50. The van der Waals surface area contributed by atoms with E-state index in [1.807, 2.05) is 0 Å². The molecule has 0 spiro atoms. The van der Waals surface area contributed by atoms with Crippen molar-refractivity contribution in [3.63, 3.8) is 0 Å². The summed E-state index contributed by atoms with van der Waals surface area (Å²) in [5, 5.41) is 6.73. The predicted molar refractivity (Wildman–Crippen MR) is 98.2 cm³/mol. The Bertz CT molecular complexity index is 354. The van der Waals surface area contributed by atoms with Crippen LogP contribution in [-0.2, 0) is 14.2 Å². The number of aliphatic imine (C=N–C) groups is 1. The fourth-order valence-electron chi connectivity index (χ4n) is 2.91. The molecule has 1 unspecified atom stereocenters. The van der Waals surface area contributed by atoms with Crippen molar-refractivity contribution in [3.05, 3.63) is 0 Å². The highest BCUT2D eigenvalue weighted by Crippen LogP contribution is 2.24. The normalized spacial score (nSPS) is 28.0. The molecule has 22 heavy (non-hydrogen) atoms. The quantitative estimate of drug-likeness (QED) is 0.396. The van der Waals surface area contributed by atoms with Gasteiger partial charge in [0.2, 0.25) is 0 Å². The lowest BCUT2D eigenvalue weighted by Gasteiger charge is -2.36. The topological polar surface area (TPSA) is 64.1 Å². The van der Waals surface area contributed by atoms with Crippen molar-refractivity contribution in [2.24, 2.45) is 4.99 Å². The summed E-state index contributed by atoms with van der Waals surface area (Å²) in [6.07, 6.45) is 4.05. The number of nitrogens with one attached hydrogen (secondary N) is 2. The first kappa shape index (κ1) is 19.9. The highest BCUT2D eigenvalue weighted by atomic mass is 127. The van der Waals surface area contributed by atoms with Gasteiger partial charge in [0.1, 0.15) is 0 Å². The van der Waals surface area contributed by atoms with Crippen LogP contribution in [0.1, 0.15) is 32.6 Å². The molecule has 2 aliphatic rings. The molecule has 2 N–H and O–H groups in total. The minimum absolute atomic E-state index is 0. The SMILES string of the molecule is CN=C(NCC1(C)CCCO1)NCC1(OC)CCOCC1.I. The zero-order valence-electron chi connectivity index (χ0n) is 13.9. The Morgan fingerprint density at radius 2 is 1.82 bits per heavy atom. The van der Waals surface area contributed by atoms with Gasteiger partial charge in [-0.1, -0.05) is 0 Å². The van der Waals surface area contributed by atoms with Gasteiger partial charge in [0.15, 0.2) is 5.96 Å². The van der Waals surface area contributed by atoms with Crippen molar-refractivity contribution < 1.29 is 14.2 Å². The number of guanidine groups is 1. The van der Waals surface area contributed by atoms with E-state index in [1.165, 1.54) is 0 Å². The monoisotopic (exact) mass is 427 g/mol. The fraction of sp³-hybridized carbons (Fsp3) is 0.933. The van der Waals surface area contributed by atoms with Gasteiger partial charge in [0.05, 0.1) is 11.2 Å².